The van der Waals surface area contributed by atoms with Crippen molar-refractivity contribution in [3.05, 3.63) is 70.3 Å². The molecule has 2 amide bonds. The second-order valence-electron chi connectivity index (χ2n) is 4.45. The smallest absolute Gasteiger partial charge is 0.274 e. The second kappa shape index (κ2) is 6.49. The Morgan fingerprint density at radius 2 is 1.64 bits per heavy atom. The van der Waals surface area contributed by atoms with E-state index in [2.05, 4.69) is 5.43 Å². The van der Waals surface area contributed by atoms with Crippen molar-refractivity contribution >= 4 is 23.2 Å². The Bertz CT molecular complexity index is 698. The van der Waals surface area contributed by atoms with Crippen LogP contribution in [0.3, 0.4) is 0 Å². The highest BCUT2D eigenvalue weighted by Crippen LogP contribution is 2.20. The first-order valence-corrected chi connectivity index (χ1v) is 6.40. The van der Waals surface area contributed by atoms with Crippen LogP contribution in [-0.2, 0) is 4.79 Å². The number of amides is 2. The summed E-state index contributed by atoms with van der Waals surface area (Å²) in [6, 6.07) is 13.7. The Morgan fingerprint density at radius 3 is 2.14 bits per heavy atom. The normalized spacial score (nSPS) is 9.86. The fraction of sp³-hybridized carbons (Fsp3) is 0.0667. The summed E-state index contributed by atoms with van der Waals surface area (Å²) >= 11 is 0. The maximum Gasteiger partial charge on any atom is 0.277 e. The van der Waals surface area contributed by atoms with Gasteiger partial charge in [-0.2, -0.15) is 0 Å². The Hall–Kier alpha value is -3.22. The molecule has 0 aromatic heterocycles. The molecule has 0 fully saturated rings. The number of nitrogens with one attached hydrogen (secondary N) is 1. The Labute approximate surface area is 126 Å². The van der Waals surface area contributed by atoms with Gasteiger partial charge in [0.15, 0.2) is 0 Å². The van der Waals surface area contributed by atoms with E-state index < -0.39 is 16.7 Å². The number of benzene rings is 2. The number of hydrazine groups is 1. The molecular weight excluding hydrogens is 286 g/mol. The van der Waals surface area contributed by atoms with E-state index >= 15 is 0 Å². The molecular formula is C15H13N3O4. The average molecular weight is 299 g/mol. The molecule has 0 heterocycles. The van der Waals surface area contributed by atoms with Crippen LogP contribution in [0.2, 0.25) is 0 Å². The summed E-state index contributed by atoms with van der Waals surface area (Å²) in [6.45, 7) is 1.27. The molecule has 112 valence electrons. The molecule has 2 aromatic rings. The molecule has 0 saturated carbocycles. The van der Waals surface area contributed by atoms with Crippen molar-refractivity contribution in [2.75, 3.05) is 5.01 Å². The van der Waals surface area contributed by atoms with Gasteiger partial charge < -0.3 is 0 Å². The lowest BCUT2D eigenvalue weighted by atomic mass is 10.2. The Kier molecular flexibility index (Phi) is 4.47. The lowest BCUT2D eigenvalue weighted by Gasteiger charge is -2.22. The molecule has 0 atom stereocenters. The van der Waals surface area contributed by atoms with E-state index in [4.69, 9.17) is 0 Å². The highest BCUT2D eigenvalue weighted by molar-refractivity contribution is 6.07. The molecule has 0 saturated heterocycles. The number of carbonyl (C=O) groups excluding carboxylic acids is 2. The summed E-state index contributed by atoms with van der Waals surface area (Å²) in [7, 11) is 0. The van der Waals surface area contributed by atoms with E-state index in [-0.39, 0.29) is 5.69 Å². The van der Waals surface area contributed by atoms with Gasteiger partial charge in [0.25, 0.3) is 11.6 Å². The van der Waals surface area contributed by atoms with Crippen molar-refractivity contribution in [2.24, 2.45) is 0 Å². The van der Waals surface area contributed by atoms with Gasteiger partial charge in [0.2, 0.25) is 5.91 Å². The number of carbonyl (C=O) groups is 2. The van der Waals surface area contributed by atoms with Crippen LogP contribution in [0.1, 0.15) is 17.3 Å². The minimum absolute atomic E-state index is 0.0984. The van der Waals surface area contributed by atoms with Crippen molar-refractivity contribution < 1.29 is 14.5 Å². The van der Waals surface area contributed by atoms with Gasteiger partial charge in [-0.05, 0) is 24.3 Å². The maximum atomic E-state index is 12.5. The molecule has 2 rings (SSSR count). The molecule has 0 spiro atoms. The van der Waals surface area contributed by atoms with Crippen molar-refractivity contribution in [1.29, 1.82) is 0 Å². The van der Waals surface area contributed by atoms with E-state index in [0.717, 1.165) is 5.01 Å². The van der Waals surface area contributed by atoms with E-state index in [9.17, 15) is 19.7 Å². The minimum Gasteiger partial charge on any atom is -0.274 e. The van der Waals surface area contributed by atoms with Crippen LogP contribution in [0.4, 0.5) is 11.4 Å². The molecule has 0 aliphatic heterocycles. The van der Waals surface area contributed by atoms with E-state index in [1.54, 1.807) is 30.3 Å². The number of hydrogen-bond acceptors (Lipinski definition) is 4. The van der Waals surface area contributed by atoms with Crippen LogP contribution in [0.15, 0.2) is 54.6 Å². The number of nitro groups is 1. The van der Waals surface area contributed by atoms with Crippen molar-refractivity contribution in [3.8, 4) is 0 Å². The van der Waals surface area contributed by atoms with Gasteiger partial charge in [-0.25, -0.2) is 5.01 Å². The first-order valence-electron chi connectivity index (χ1n) is 6.40. The molecule has 0 aliphatic rings. The zero-order valence-corrected chi connectivity index (χ0v) is 11.7. The summed E-state index contributed by atoms with van der Waals surface area (Å²) in [6.07, 6.45) is 0. The first-order chi connectivity index (χ1) is 10.5. The van der Waals surface area contributed by atoms with Crippen LogP contribution in [-0.4, -0.2) is 16.7 Å². The maximum absolute atomic E-state index is 12.5. The van der Waals surface area contributed by atoms with Crippen LogP contribution < -0.4 is 10.4 Å². The van der Waals surface area contributed by atoms with Crippen LogP contribution >= 0.6 is 0 Å². The van der Waals surface area contributed by atoms with Crippen molar-refractivity contribution in [3.63, 3.8) is 0 Å². The second-order valence-corrected chi connectivity index (χ2v) is 4.45. The SMILES string of the molecule is CC(=O)NN(C(=O)c1ccccc1)c1ccc([N+](=O)[O-])cc1. The third-order valence-corrected chi connectivity index (χ3v) is 2.81. The molecule has 0 unspecified atom stereocenters. The number of non-ortho nitro benzene ring substituents is 1. The minimum atomic E-state index is -0.536. The number of nitro benzene ring substituents is 1. The van der Waals surface area contributed by atoms with Crippen LogP contribution in [0.25, 0.3) is 0 Å². The largest absolute Gasteiger partial charge is 0.277 e. The number of nitrogens with zero attached hydrogens (tertiary/aromatic N) is 2. The van der Waals surface area contributed by atoms with Crippen molar-refractivity contribution in [1.82, 2.24) is 5.43 Å². The quantitative estimate of drug-likeness (QED) is 0.695. The fourth-order valence-corrected chi connectivity index (χ4v) is 1.82. The third-order valence-electron chi connectivity index (χ3n) is 2.81. The van der Waals surface area contributed by atoms with E-state index in [1.165, 1.54) is 31.2 Å². The predicted molar refractivity (Wildman–Crippen MR) is 80.2 cm³/mol. The standard InChI is InChI=1S/C15H13N3O4/c1-11(19)16-17(15(20)12-5-3-2-4-6-12)13-7-9-14(10-8-13)18(21)22/h2-10H,1H3,(H,16,19). The van der Waals surface area contributed by atoms with E-state index in [0.29, 0.717) is 11.3 Å². The fourth-order valence-electron chi connectivity index (χ4n) is 1.82. The summed E-state index contributed by atoms with van der Waals surface area (Å²) in [4.78, 5) is 33.9. The summed E-state index contributed by atoms with van der Waals surface area (Å²) in [5.74, 6) is -0.868. The van der Waals surface area contributed by atoms with Crippen LogP contribution in [0, 0.1) is 10.1 Å². The van der Waals surface area contributed by atoms with Gasteiger partial charge in [-0.1, -0.05) is 18.2 Å². The predicted octanol–water partition coefficient (Wildman–Crippen LogP) is 2.29. The Balaban J connectivity index is 2.35. The molecule has 0 bridgehead atoms. The average Bonchev–Trinajstić information content (AvgIpc) is 2.53. The summed E-state index contributed by atoms with van der Waals surface area (Å²) in [5, 5.41) is 11.7. The molecule has 0 aliphatic carbocycles. The van der Waals surface area contributed by atoms with Gasteiger partial charge >= 0.3 is 0 Å². The highest BCUT2D eigenvalue weighted by atomic mass is 16.6. The molecule has 22 heavy (non-hydrogen) atoms. The first kappa shape index (κ1) is 15.2. The topological polar surface area (TPSA) is 92.6 Å². The lowest BCUT2D eigenvalue weighted by molar-refractivity contribution is -0.384. The van der Waals surface area contributed by atoms with Gasteiger partial charge in [-0.3, -0.25) is 25.1 Å². The monoisotopic (exact) mass is 299 g/mol. The molecule has 2 aromatic carbocycles. The molecule has 7 heteroatoms. The van der Waals surface area contributed by atoms with Gasteiger partial charge in [0, 0.05) is 24.6 Å². The number of hydrogen-bond donors (Lipinski definition) is 1. The van der Waals surface area contributed by atoms with E-state index in [1.807, 2.05) is 0 Å². The highest BCUT2D eigenvalue weighted by Gasteiger charge is 2.19. The summed E-state index contributed by atoms with van der Waals surface area (Å²) < 4.78 is 0. The Morgan fingerprint density at radius 1 is 1.05 bits per heavy atom. The molecule has 1 N–H and O–H groups in total. The van der Waals surface area contributed by atoms with Gasteiger partial charge in [0.1, 0.15) is 0 Å². The molecule has 7 nitrogen and oxygen atoms in total. The van der Waals surface area contributed by atoms with Gasteiger partial charge in [0.05, 0.1) is 10.6 Å². The van der Waals surface area contributed by atoms with Crippen molar-refractivity contribution in [2.45, 2.75) is 6.92 Å². The number of anilines is 1. The zero-order chi connectivity index (χ0) is 16.1. The summed E-state index contributed by atoms with van der Waals surface area (Å²) in [5.41, 5.74) is 3.03. The third kappa shape index (κ3) is 3.45. The van der Waals surface area contributed by atoms with Gasteiger partial charge in [-0.15, -0.1) is 0 Å². The van der Waals surface area contributed by atoms with Crippen LogP contribution in [0.5, 0.6) is 0 Å². The zero-order valence-electron chi connectivity index (χ0n) is 11.7. The number of rotatable bonds is 3. The lowest BCUT2D eigenvalue weighted by Crippen LogP contribution is -2.45. The molecule has 0 radical (unpaired) electrons.